The quantitative estimate of drug-likeness (QED) is 0.148. The van der Waals surface area contributed by atoms with Crippen LogP contribution in [0.2, 0.25) is 0 Å². The first-order valence-corrected chi connectivity index (χ1v) is 14.8. The number of carbonyl (C=O) groups is 3. The van der Waals surface area contributed by atoms with Crippen LogP contribution < -0.4 is 5.63 Å². The van der Waals surface area contributed by atoms with E-state index in [0.29, 0.717) is 35.2 Å². The highest BCUT2D eigenvalue weighted by Crippen LogP contribution is 2.45. The van der Waals surface area contributed by atoms with Gasteiger partial charge < -0.3 is 18.8 Å². The Morgan fingerprint density at radius 1 is 0.932 bits per heavy atom. The van der Waals surface area contributed by atoms with Crippen LogP contribution in [-0.4, -0.2) is 48.9 Å². The Hall–Kier alpha value is -4.98. The number of ether oxygens (including phenoxy) is 2. The third-order valence-corrected chi connectivity index (χ3v) is 8.72. The third kappa shape index (κ3) is 5.43. The number of esters is 1. The second kappa shape index (κ2) is 12.3. The number of rotatable bonds is 9. The first kappa shape index (κ1) is 29.1. The van der Waals surface area contributed by atoms with Gasteiger partial charge in [0.25, 0.3) is 0 Å². The van der Waals surface area contributed by atoms with E-state index in [1.807, 2.05) is 54.6 Å². The molecule has 2 bridgehead atoms. The lowest BCUT2D eigenvalue weighted by Gasteiger charge is -2.44. The van der Waals surface area contributed by atoms with Crippen molar-refractivity contribution in [1.29, 1.82) is 0 Å². The van der Waals surface area contributed by atoms with Gasteiger partial charge in [-0.3, -0.25) is 9.59 Å². The molecule has 0 saturated carbocycles. The van der Waals surface area contributed by atoms with Gasteiger partial charge in [0.15, 0.2) is 5.76 Å². The van der Waals surface area contributed by atoms with Crippen molar-refractivity contribution in [2.45, 2.75) is 31.7 Å². The molecular weight excluding hydrogens is 558 g/mol. The monoisotopic (exact) mass is 591 g/mol. The van der Waals surface area contributed by atoms with E-state index in [0.717, 1.165) is 10.9 Å². The van der Waals surface area contributed by atoms with E-state index in [1.54, 1.807) is 41.3 Å². The maximum Gasteiger partial charge on any atom is 0.343 e. The molecule has 1 saturated heterocycles. The van der Waals surface area contributed by atoms with E-state index < -0.39 is 17.5 Å². The molecule has 8 nitrogen and oxygen atoms in total. The van der Waals surface area contributed by atoms with Crippen LogP contribution >= 0.6 is 0 Å². The highest BCUT2D eigenvalue weighted by atomic mass is 16.5. The minimum absolute atomic E-state index is 0.0266. The van der Waals surface area contributed by atoms with E-state index >= 15 is 0 Å². The van der Waals surface area contributed by atoms with Crippen molar-refractivity contribution < 1.29 is 28.3 Å². The standard InChI is InChI=1S/C36H33NO7/c1-22-29-21-30(42-2)33(38)32(31(22)23-11-4-3-5-12-23)34(39)37(29)17-10-18-43-35(40)27-15-8-6-13-24(27)19-26-20-25-14-7-9-16-28(25)36(41)44-26/h3-9,11-16,20-22,29,31-32H,10,17-19H2,1-2H3/t22-,29-,31-,32-/m0/s1. The molecule has 0 N–H and O–H groups in total. The number of nitrogens with zero attached hydrogens (tertiary/aromatic N) is 1. The molecule has 1 aromatic heterocycles. The number of benzene rings is 3. The fraction of sp³-hybridized carbons (Fsp3) is 0.278. The smallest absolute Gasteiger partial charge is 0.343 e. The minimum Gasteiger partial charge on any atom is -0.493 e. The van der Waals surface area contributed by atoms with Gasteiger partial charge in [0.05, 0.1) is 30.7 Å². The largest absolute Gasteiger partial charge is 0.493 e. The topological polar surface area (TPSA) is 103 Å². The van der Waals surface area contributed by atoms with Crippen molar-refractivity contribution in [2.24, 2.45) is 11.8 Å². The van der Waals surface area contributed by atoms with E-state index in [2.05, 4.69) is 6.92 Å². The summed E-state index contributed by atoms with van der Waals surface area (Å²) in [5.74, 6) is -1.53. The van der Waals surface area contributed by atoms with Crippen LogP contribution in [0.25, 0.3) is 10.8 Å². The van der Waals surface area contributed by atoms with Crippen LogP contribution in [-0.2, 0) is 25.5 Å². The van der Waals surface area contributed by atoms with Crippen molar-refractivity contribution in [3.63, 3.8) is 0 Å². The molecule has 4 atom stereocenters. The summed E-state index contributed by atoms with van der Waals surface area (Å²) in [6.45, 7) is 2.47. The Kier molecular flexibility index (Phi) is 8.15. The van der Waals surface area contributed by atoms with Crippen molar-refractivity contribution >= 4 is 28.4 Å². The Labute approximate surface area is 254 Å². The number of ketones is 1. The van der Waals surface area contributed by atoms with Crippen LogP contribution in [0.5, 0.6) is 0 Å². The van der Waals surface area contributed by atoms with Crippen LogP contribution in [0.15, 0.2) is 106 Å². The lowest BCUT2D eigenvalue weighted by molar-refractivity contribution is -0.148. The van der Waals surface area contributed by atoms with Gasteiger partial charge in [0.1, 0.15) is 11.7 Å². The first-order valence-electron chi connectivity index (χ1n) is 14.8. The van der Waals surface area contributed by atoms with E-state index in [9.17, 15) is 19.2 Å². The molecule has 0 radical (unpaired) electrons. The molecule has 0 spiro atoms. The fourth-order valence-electron chi connectivity index (χ4n) is 6.60. The number of piperidine rings is 1. The maximum absolute atomic E-state index is 13.8. The number of amides is 1. The molecule has 224 valence electrons. The van der Waals surface area contributed by atoms with Crippen LogP contribution in [0.1, 0.15) is 46.5 Å². The summed E-state index contributed by atoms with van der Waals surface area (Å²) in [5, 5.41) is 1.28. The maximum atomic E-state index is 13.8. The molecular formula is C36H33NO7. The Morgan fingerprint density at radius 2 is 1.66 bits per heavy atom. The Bertz CT molecular complexity index is 1810. The SMILES string of the molecule is COC1=C[C@H]2[C@H](C)[C@@H](c3ccccc3)[C@@H](C1=O)C(=O)N2CCCOC(=O)c1ccccc1Cc1cc2ccccc2c(=O)o1. The van der Waals surface area contributed by atoms with Gasteiger partial charge in [-0.25, -0.2) is 9.59 Å². The third-order valence-electron chi connectivity index (χ3n) is 8.72. The number of carbonyl (C=O) groups excluding carboxylic acids is 3. The van der Waals surface area contributed by atoms with Crippen molar-refractivity contribution in [2.75, 3.05) is 20.3 Å². The van der Waals surface area contributed by atoms with Crippen molar-refractivity contribution in [3.05, 3.63) is 130 Å². The Balaban J connectivity index is 1.13. The molecule has 1 aliphatic carbocycles. The summed E-state index contributed by atoms with van der Waals surface area (Å²) in [6.07, 6.45) is 2.41. The van der Waals surface area contributed by atoms with Gasteiger partial charge in [0, 0.05) is 18.9 Å². The second-order valence-corrected chi connectivity index (χ2v) is 11.3. The lowest BCUT2D eigenvalue weighted by Crippen LogP contribution is -2.55. The van der Waals surface area contributed by atoms with Crippen molar-refractivity contribution in [3.8, 4) is 0 Å². The summed E-state index contributed by atoms with van der Waals surface area (Å²) in [4.78, 5) is 54.5. The van der Waals surface area contributed by atoms with Gasteiger partial charge in [0.2, 0.25) is 11.7 Å². The van der Waals surface area contributed by atoms with Gasteiger partial charge in [-0.05, 0) is 53.1 Å². The van der Waals surface area contributed by atoms with Gasteiger partial charge in [-0.2, -0.15) is 0 Å². The fourth-order valence-corrected chi connectivity index (χ4v) is 6.60. The highest BCUT2D eigenvalue weighted by molar-refractivity contribution is 6.11. The summed E-state index contributed by atoms with van der Waals surface area (Å²) >= 11 is 0. The van der Waals surface area contributed by atoms with Gasteiger partial charge >= 0.3 is 11.6 Å². The number of methoxy groups -OCH3 is 1. The summed E-state index contributed by atoms with van der Waals surface area (Å²) in [7, 11) is 1.45. The normalized spacial score (nSPS) is 21.2. The zero-order valence-electron chi connectivity index (χ0n) is 24.6. The molecule has 3 aromatic carbocycles. The molecule has 2 aliphatic heterocycles. The van der Waals surface area contributed by atoms with Gasteiger partial charge in [-0.15, -0.1) is 0 Å². The van der Waals surface area contributed by atoms with E-state index in [-0.39, 0.29) is 48.4 Å². The molecule has 44 heavy (non-hydrogen) atoms. The number of hydrogen-bond acceptors (Lipinski definition) is 7. The number of fused-ring (bicyclic) bond motifs is 4. The van der Waals surface area contributed by atoms with Crippen LogP contribution in [0.4, 0.5) is 0 Å². The average Bonchev–Trinajstić information content (AvgIpc) is 3.21. The Morgan fingerprint density at radius 3 is 2.45 bits per heavy atom. The first-order chi connectivity index (χ1) is 21.4. The van der Waals surface area contributed by atoms with E-state index in [4.69, 9.17) is 13.9 Å². The number of Topliss-reactive ketones (excluding diaryl/α,β-unsaturated/α-hetero) is 1. The molecule has 3 heterocycles. The van der Waals surface area contributed by atoms with E-state index in [1.165, 1.54) is 7.11 Å². The number of hydrogen-bond donors (Lipinski definition) is 0. The molecule has 3 aliphatic rings. The zero-order chi connectivity index (χ0) is 30.8. The van der Waals surface area contributed by atoms with Crippen LogP contribution in [0, 0.1) is 11.8 Å². The van der Waals surface area contributed by atoms with Crippen LogP contribution in [0.3, 0.4) is 0 Å². The summed E-state index contributed by atoms with van der Waals surface area (Å²) in [6, 6.07) is 25.4. The molecule has 4 aromatic rings. The number of allylic oxidation sites excluding steroid dienone is 1. The highest BCUT2D eigenvalue weighted by Gasteiger charge is 2.53. The zero-order valence-corrected chi connectivity index (χ0v) is 24.6. The molecule has 7 rings (SSSR count). The van der Waals surface area contributed by atoms with Crippen molar-refractivity contribution in [1.82, 2.24) is 4.90 Å². The molecule has 1 amide bonds. The lowest BCUT2D eigenvalue weighted by atomic mass is 9.70. The summed E-state index contributed by atoms with van der Waals surface area (Å²) < 4.78 is 16.6. The molecule has 8 heteroatoms. The molecule has 0 unspecified atom stereocenters. The average molecular weight is 592 g/mol. The van der Waals surface area contributed by atoms with Gasteiger partial charge in [-0.1, -0.05) is 73.7 Å². The minimum atomic E-state index is -0.873. The molecule has 1 fully saturated rings. The second-order valence-electron chi connectivity index (χ2n) is 11.3. The summed E-state index contributed by atoms with van der Waals surface area (Å²) in [5.41, 5.74) is 1.59. The predicted octanol–water partition coefficient (Wildman–Crippen LogP) is 5.29. The predicted molar refractivity (Wildman–Crippen MR) is 164 cm³/mol.